The molecule has 5 atom stereocenters. The van der Waals surface area contributed by atoms with Gasteiger partial charge in [-0.1, -0.05) is 20.3 Å². The van der Waals surface area contributed by atoms with E-state index in [1.54, 1.807) is 7.11 Å². The molecule has 2 rings (SSSR count). The van der Waals surface area contributed by atoms with E-state index in [0.717, 1.165) is 38.5 Å². The highest BCUT2D eigenvalue weighted by molar-refractivity contribution is 8.18. The van der Waals surface area contributed by atoms with Gasteiger partial charge in [-0.3, -0.25) is 4.79 Å². The second kappa shape index (κ2) is 12.8. The summed E-state index contributed by atoms with van der Waals surface area (Å²) in [7, 11) is 3.19. The first-order valence-corrected chi connectivity index (χ1v) is 13.1. The van der Waals surface area contributed by atoms with Crippen molar-refractivity contribution in [1.82, 2.24) is 0 Å². The van der Waals surface area contributed by atoms with Crippen molar-refractivity contribution in [2.45, 2.75) is 100 Å². The predicted octanol–water partition coefficient (Wildman–Crippen LogP) is 4.65. The van der Waals surface area contributed by atoms with E-state index in [1.165, 1.54) is 25.0 Å². The molecule has 0 unspecified atom stereocenters. The van der Waals surface area contributed by atoms with Crippen molar-refractivity contribution in [2.75, 3.05) is 25.7 Å². The van der Waals surface area contributed by atoms with Crippen LogP contribution < -0.4 is 0 Å². The summed E-state index contributed by atoms with van der Waals surface area (Å²) < 4.78 is 17.1. The molecule has 2 fully saturated rings. The van der Waals surface area contributed by atoms with Crippen LogP contribution in [0, 0.1) is 5.92 Å². The molecule has 0 radical (unpaired) electrons. The highest BCUT2D eigenvalue weighted by Gasteiger charge is 2.44. The average molecular weight is 449 g/mol. The Bertz CT molecular complexity index is 484. The van der Waals surface area contributed by atoms with Crippen LogP contribution in [0.25, 0.3) is 0 Å². The second-order valence-electron chi connectivity index (χ2n) is 8.64. The van der Waals surface area contributed by atoms with Crippen LogP contribution >= 0.6 is 23.5 Å². The van der Waals surface area contributed by atoms with Crippen LogP contribution in [0.2, 0.25) is 0 Å². The summed E-state index contributed by atoms with van der Waals surface area (Å²) in [5, 5.41) is 10.1. The van der Waals surface area contributed by atoms with Crippen molar-refractivity contribution in [3.8, 4) is 0 Å². The Kier molecular flexibility index (Phi) is 11.2. The lowest BCUT2D eigenvalue weighted by atomic mass is 9.90. The molecule has 2 aliphatic heterocycles. The summed E-state index contributed by atoms with van der Waals surface area (Å²) in [6, 6.07) is 0. The Labute approximate surface area is 185 Å². The van der Waals surface area contributed by atoms with Crippen LogP contribution in [-0.4, -0.2) is 65.3 Å². The van der Waals surface area contributed by atoms with Crippen LogP contribution in [0.1, 0.15) is 71.6 Å². The first kappa shape index (κ1) is 25.3. The van der Waals surface area contributed by atoms with Crippen LogP contribution in [0.4, 0.5) is 0 Å². The molecular weight excluding hydrogens is 408 g/mol. The minimum Gasteiger partial charge on any atom is -0.469 e. The summed E-state index contributed by atoms with van der Waals surface area (Å²) in [6.45, 7) is 4.34. The molecule has 0 aliphatic carbocycles. The van der Waals surface area contributed by atoms with Gasteiger partial charge >= 0.3 is 5.97 Å². The van der Waals surface area contributed by atoms with Crippen LogP contribution in [0.5, 0.6) is 0 Å². The van der Waals surface area contributed by atoms with Gasteiger partial charge in [0.2, 0.25) is 0 Å². The normalized spacial score (nSPS) is 27.3. The Hall–Kier alpha value is 0.0500. The zero-order valence-corrected chi connectivity index (χ0v) is 20.2. The number of carbonyl (C=O) groups is 1. The van der Waals surface area contributed by atoms with Gasteiger partial charge < -0.3 is 19.3 Å². The number of thioether (sulfide) groups is 2. The van der Waals surface area contributed by atoms with Crippen molar-refractivity contribution in [1.29, 1.82) is 0 Å². The lowest BCUT2D eigenvalue weighted by Gasteiger charge is -2.46. The molecule has 7 heteroatoms. The van der Waals surface area contributed by atoms with Crippen LogP contribution in [0.3, 0.4) is 0 Å². The van der Waals surface area contributed by atoms with E-state index < -0.39 is 0 Å². The fourth-order valence-corrected chi connectivity index (χ4v) is 8.12. The maximum absolute atomic E-state index is 11.9. The fourth-order valence-electron chi connectivity index (χ4n) is 4.56. The van der Waals surface area contributed by atoms with Crippen molar-refractivity contribution in [2.24, 2.45) is 5.92 Å². The minimum atomic E-state index is -0.286. The van der Waals surface area contributed by atoms with Gasteiger partial charge in [0.05, 0.1) is 42.0 Å². The van der Waals surface area contributed by atoms with E-state index >= 15 is 0 Å². The highest BCUT2D eigenvalue weighted by atomic mass is 32.2. The van der Waals surface area contributed by atoms with E-state index in [0.29, 0.717) is 18.8 Å². The van der Waals surface area contributed by atoms with E-state index in [9.17, 15) is 9.90 Å². The maximum atomic E-state index is 11.9. The Balaban J connectivity index is 1.94. The number of carbonyl (C=O) groups excluding carboxylic acids is 1. The number of methoxy groups -OCH3 is 2. The van der Waals surface area contributed by atoms with Gasteiger partial charge in [-0.2, -0.15) is 0 Å². The number of esters is 1. The Morgan fingerprint density at radius 3 is 2.52 bits per heavy atom. The molecule has 2 aliphatic rings. The lowest BCUT2D eigenvalue weighted by Crippen LogP contribution is -2.44. The number of aliphatic hydroxyl groups is 1. The molecule has 1 spiro atoms. The quantitative estimate of drug-likeness (QED) is 0.462. The second-order valence-corrected chi connectivity index (χ2v) is 11.9. The maximum Gasteiger partial charge on any atom is 0.308 e. The molecule has 0 amide bonds. The number of ether oxygens (including phenoxy) is 3. The molecule has 1 N–H and O–H groups in total. The largest absolute Gasteiger partial charge is 0.469 e. The van der Waals surface area contributed by atoms with Crippen LogP contribution in [0.15, 0.2) is 0 Å². The van der Waals surface area contributed by atoms with Crippen molar-refractivity contribution in [3.63, 3.8) is 0 Å². The van der Waals surface area contributed by atoms with Gasteiger partial charge in [-0.25, -0.2) is 0 Å². The molecular formula is C22H40O5S2. The fraction of sp³-hybridized carbons (Fsp3) is 0.955. The monoisotopic (exact) mass is 448 g/mol. The summed E-state index contributed by atoms with van der Waals surface area (Å²) >= 11 is 4.12. The Morgan fingerprint density at radius 1 is 1.21 bits per heavy atom. The number of aliphatic hydroxyl groups excluding tert-OH is 1. The zero-order valence-electron chi connectivity index (χ0n) is 18.6. The molecule has 29 heavy (non-hydrogen) atoms. The van der Waals surface area contributed by atoms with Gasteiger partial charge in [0.15, 0.2) is 0 Å². The molecule has 0 aromatic carbocycles. The average Bonchev–Trinajstić information content (AvgIpc) is 2.67. The van der Waals surface area contributed by atoms with Gasteiger partial charge in [-0.15, -0.1) is 23.5 Å². The zero-order chi connectivity index (χ0) is 21.3. The smallest absolute Gasteiger partial charge is 0.308 e. The first-order valence-electron chi connectivity index (χ1n) is 11.1. The van der Waals surface area contributed by atoms with Gasteiger partial charge in [0, 0.05) is 7.11 Å². The lowest BCUT2D eigenvalue weighted by molar-refractivity contribution is -0.147. The van der Waals surface area contributed by atoms with Gasteiger partial charge in [-0.05, 0) is 62.4 Å². The predicted molar refractivity (Wildman–Crippen MR) is 122 cm³/mol. The molecule has 170 valence electrons. The first-order chi connectivity index (χ1) is 13.9. The van der Waals surface area contributed by atoms with Crippen molar-refractivity contribution >= 4 is 29.5 Å². The number of hydrogen-bond donors (Lipinski definition) is 1. The summed E-state index contributed by atoms with van der Waals surface area (Å²) in [5.74, 6) is 2.64. The molecule has 0 bridgehead atoms. The topological polar surface area (TPSA) is 65.0 Å². The standard InChI is InChI=1S/C22H40O5S2/c1-5-7-17(23)12-18(25-3)10-16(2)11-19-14-22(28-8-6-9-29-22)15-20(27-19)13-21(24)26-4/h16-20,23H,5-15H2,1-4H3/t16-,17-,18-,19+,20-/m0/s1. The van der Waals surface area contributed by atoms with Gasteiger partial charge in [0.25, 0.3) is 0 Å². The third-order valence-corrected chi connectivity index (χ3v) is 9.34. The van der Waals surface area contributed by atoms with E-state index in [-0.39, 0.29) is 34.5 Å². The minimum absolute atomic E-state index is 0.0592. The van der Waals surface area contributed by atoms with E-state index in [2.05, 4.69) is 37.4 Å². The van der Waals surface area contributed by atoms with Crippen LogP contribution in [-0.2, 0) is 19.0 Å². The summed E-state index contributed by atoms with van der Waals surface area (Å²) in [4.78, 5) is 11.9. The highest BCUT2D eigenvalue weighted by Crippen LogP contribution is 2.52. The van der Waals surface area contributed by atoms with Crippen molar-refractivity contribution in [3.05, 3.63) is 0 Å². The third kappa shape index (κ3) is 8.60. The van der Waals surface area contributed by atoms with E-state index in [1.807, 2.05) is 0 Å². The molecule has 0 aromatic rings. The molecule has 0 saturated carbocycles. The Morgan fingerprint density at radius 2 is 1.90 bits per heavy atom. The van der Waals surface area contributed by atoms with E-state index in [4.69, 9.17) is 14.2 Å². The SMILES string of the molecule is CCC[C@H](O)C[C@H](C[C@H](C)C[C@@H]1CC2(C[C@H](CC(=O)OC)O1)SCCCS2)OC. The molecule has 5 nitrogen and oxygen atoms in total. The van der Waals surface area contributed by atoms with Crippen molar-refractivity contribution < 1.29 is 24.1 Å². The number of hydrogen-bond acceptors (Lipinski definition) is 7. The summed E-state index contributed by atoms with van der Waals surface area (Å²) in [5.41, 5.74) is 0. The van der Waals surface area contributed by atoms with Gasteiger partial charge in [0.1, 0.15) is 0 Å². The molecule has 0 aromatic heterocycles. The summed E-state index contributed by atoms with van der Waals surface area (Å²) in [6.07, 6.45) is 7.85. The molecule has 2 saturated heterocycles. The molecule has 2 heterocycles. The third-order valence-electron chi connectivity index (χ3n) is 5.92. The number of rotatable bonds is 11.